The van der Waals surface area contributed by atoms with Crippen LogP contribution in [0.3, 0.4) is 0 Å². The number of anilines is 1. The third kappa shape index (κ3) is 5.98. The van der Waals surface area contributed by atoms with Gasteiger partial charge in [0.25, 0.3) is 0 Å². The van der Waals surface area contributed by atoms with Gasteiger partial charge in [0.15, 0.2) is 0 Å². The summed E-state index contributed by atoms with van der Waals surface area (Å²) in [7, 11) is 0. The van der Waals surface area contributed by atoms with Crippen LogP contribution < -0.4 is 10.6 Å². The molecule has 0 aromatic heterocycles. The summed E-state index contributed by atoms with van der Waals surface area (Å²) in [4.78, 5) is 24.5. The van der Waals surface area contributed by atoms with E-state index in [2.05, 4.69) is 10.6 Å². The first kappa shape index (κ1) is 19.6. The molecule has 1 aromatic rings. The molecule has 4 N–H and O–H groups in total. The number of carbonyl (C=O) groups is 2. The highest BCUT2D eigenvalue weighted by atomic mass is 16.6. The lowest BCUT2D eigenvalue weighted by atomic mass is 9.86. The fourth-order valence-corrected chi connectivity index (χ4v) is 1.93. The number of nitrogens with one attached hydrogen (secondary N) is 2. The van der Waals surface area contributed by atoms with E-state index < -0.39 is 29.1 Å². The lowest BCUT2D eigenvalue weighted by Crippen LogP contribution is -2.52. The molecule has 0 aliphatic heterocycles. The van der Waals surface area contributed by atoms with Gasteiger partial charge in [-0.2, -0.15) is 0 Å². The zero-order valence-corrected chi connectivity index (χ0v) is 14.9. The molecule has 134 valence electrons. The van der Waals surface area contributed by atoms with Gasteiger partial charge in [0.1, 0.15) is 23.1 Å². The van der Waals surface area contributed by atoms with Crippen LogP contribution in [0.15, 0.2) is 18.2 Å². The Bertz CT molecular complexity index is 614. The van der Waals surface area contributed by atoms with Gasteiger partial charge in [-0.25, -0.2) is 4.79 Å². The van der Waals surface area contributed by atoms with Crippen molar-refractivity contribution in [2.75, 3.05) is 5.32 Å². The van der Waals surface area contributed by atoms with Crippen LogP contribution in [0.1, 0.15) is 41.5 Å². The van der Waals surface area contributed by atoms with Crippen LogP contribution in [-0.2, 0) is 9.53 Å². The molecule has 1 atom stereocenters. The molecular formula is C17H26N2O5. The molecule has 0 spiro atoms. The number of amides is 2. The maximum atomic E-state index is 12.5. The van der Waals surface area contributed by atoms with Gasteiger partial charge in [-0.1, -0.05) is 20.8 Å². The average Bonchev–Trinajstić information content (AvgIpc) is 2.35. The van der Waals surface area contributed by atoms with Gasteiger partial charge in [0.05, 0.1) is 5.69 Å². The number of hydrogen-bond donors (Lipinski definition) is 4. The third-order valence-corrected chi connectivity index (χ3v) is 3.03. The summed E-state index contributed by atoms with van der Waals surface area (Å²) < 4.78 is 5.19. The molecule has 24 heavy (non-hydrogen) atoms. The molecule has 0 saturated heterocycles. The topological polar surface area (TPSA) is 108 Å². The molecule has 0 aliphatic carbocycles. The molecule has 0 radical (unpaired) electrons. The highest BCUT2D eigenvalue weighted by Crippen LogP contribution is 2.28. The molecule has 7 heteroatoms. The summed E-state index contributed by atoms with van der Waals surface area (Å²) in [5.74, 6) is -0.896. The quantitative estimate of drug-likeness (QED) is 0.500. The van der Waals surface area contributed by atoms with Gasteiger partial charge < -0.3 is 25.6 Å². The van der Waals surface area contributed by atoms with Gasteiger partial charge in [-0.15, -0.1) is 0 Å². The monoisotopic (exact) mass is 338 g/mol. The number of rotatable bonds is 3. The van der Waals surface area contributed by atoms with E-state index in [4.69, 9.17) is 4.74 Å². The summed E-state index contributed by atoms with van der Waals surface area (Å²) in [6, 6.07) is 2.93. The molecular weight excluding hydrogens is 312 g/mol. The fraction of sp³-hybridized carbons (Fsp3) is 0.529. The van der Waals surface area contributed by atoms with E-state index in [1.165, 1.54) is 12.1 Å². The second kappa shape index (κ2) is 6.98. The van der Waals surface area contributed by atoms with Crippen molar-refractivity contribution in [3.8, 4) is 11.5 Å². The SMILES string of the molecule is CC(C)(C)OC(=O)NC(C(=O)Nc1ccc(O)cc1O)C(C)(C)C. The van der Waals surface area contributed by atoms with E-state index in [0.29, 0.717) is 0 Å². The third-order valence-electron chi connectivity index (χ3n) is 3.03. The van der Waals surface area contributed by atoms with E-state index in [1.807, 2.05) is 0 Å². The minimum atomic E-state index is -0.888. The number of hydrogen-bond acceptors (Lipinski definition) is 5. The second-order valence-corrected chi connectivity index (χ2v) is 7.64. The Balaban J connectivity index is 2.92. The predicted molar refractivity (Wildman–Crippen MR) is 91.0 cm³/mol. The summed E-state index contributed by atoms with van der Waals surface area (Å²) in [6.07, 6.45) is -0.701. The van der Waals surface area contributed by atoms with Gasteiger partial charge in [-0.3, -0.25) is 4.79 Å². The number of aromatic hydroxyl groups is 2. The van der Waals surface area contributed by atoms with Crippen molar-refractivity contribution in [3.05, 3.63) is 18.2 Å². The molecule has 1 unspecified atom stereocenters. The van der Waals surface area contributed by atoms with Crippen LogP contribution in [0.5, 0.6) is 11.5 Å². The number of phenols is 2. The van der Waals surface area contributed by atoms with Crippen molar-refractivity contribution >= 4 is 17.7 Å². The van der Waals surface area contributed by atoms with Crippen LogP contribution in [0.25, 0.3) is 0 Å². The number of carbonyl (C=O) groups excluding carboxylic acids is 2. The fourth-order valence-electron chi connectivity index (χ4n) is 1.93. The first-order valence-electron chi connectivity index (χ1n) is 7.62. The Morgan fingerprint density at radius 1 is 1.08 bits per heavy atom. The molecule has 7 nitrogen and oxygen atoms in total. The molecule has 0 fully saturated rings. The summed E-state index contributed by atoms with van der Waals surface area (Å²) in [5, 5.41) is 24.2. The van der Waals surface area contributed by atoms with Gasteiger partial charge in [-0.05, 0) is 38.3 Å². The van der Waals surface area contributed by atoms with Crippen molar-refractivity contribution in [1.29, 1.82) is 0 Å². The van der Waals surface area contributed by atoms with Crippen LogP contribution >= 0.6 is 0 Å². The highest BCUT2D eigenvalue weighted by Gasteiger charge is 2.34. The number of phenolic OH excluding ortho intramolecular Hbond substituents is 2. The van der Waals surface area contributed by atoms with E-state index in [-0.39, 0.29) is 17.2 Å². The van der Waals surface area contributed by atoms with Crippen molar-refractivity contribution in [3.63, 3.8) is 0 Å². The standard InChI is InChI=1S/C17H26N2O5/c1-16(2,3)13(19-15(23)24-17(4,5)6)14(22)18-11-8-7-10(20)9-12(11)21/h7-9,13,20-21H,1-6H3,(H,18,22)(H,19,23). The van der Waals surface area contributed by atoms with Crippen LogP contribution in [0, 0.1) is 5.41 Å². The van der Waals surface area contributed by atoms with E-state index in [0.717, 1.165) is 6.07 Å². The minimum Gasteiger partial charge on any atom is -0.508 e. The lowest BCUT2D eigenvalue weighted by Gasteiger charge is -2.31. The van der Waals surface area contributed by atoms with Crippen LogP contribution in [0.2, 0.25) is 0 Å². The van der Waals surface area contributed by atoms with Crippen LogP contribution in [-0.4, -0.2) is 33.9 Å². The van der Waals surface area contributed by atoms with Gasteiger partial charge >= 0.3 is 6.09 Å². The minimum absolute atomic E-state index is 0.121. The van der Waals surface area contributed by atoms with E-state index >= 15 is 0 Å². The van der Waals surface area contributed by atoms with E-state index in [1.54, 1.807) is 41.5 Å². The molecule has 0 heterocycles. The maximum Gasteiger partial charge on any atom is 0.408 e. The van der Waals surface area contributed by atoms with Crippen LogP contribution in [0.4, 0.5) is 10.5 Å². The van der Waals surface area contributed by atoms with Gasteiger partial charge in [0.2, 0.25) is 5.91 Å². The Morgan fingerprint density at radius 2 is 1.67 bits per heavy atom. The average molecular weight is 338 g/mol. The Kier molecular flexibility index (Phi) is 5.71. The molecule has 1 aromatic carbocycles. The zero-order valence-electron chi connectivity index (χ0n) is 14.9. The highest BCUT2D eigenvalue weighted by molar-refractivity contribution is 5.98. The summed E-state index contributed by atoms with van der Waals surface area (Å²) >= 11 is 0. The maximum absolute atomic E-state index is 12.5. The molecule has 0 aliphatic rings. The zero-order chi connectivity index (χ0) is 18.7. The number of ether oxygens (including phenoxy) is 1. The lowest BCUT2D eigenvalue weighted by molar-refractivity contribution is -0.120. The first-order valence-corrected chi connectivity index (χ1v) is 7.62. The van der Waals surface area contributed by atoms with Crippen molar-refractivity contribution in [1.82, 2.24) is 5.32 Å². The molecule has 0 bridgehead atoms. The normalized spacial score (nSPS) is 13.1. The Morgan fingerprint density at radius 3 is 2.12 bits per heavy atom. The Hall–Kier alpha value is -2.44. The number of alkyl carbamates (subject to hydrolysis) is 1. The largest absolute Gasteiger partial charge is 0.508 e. The van der Waals surface area contributed by atoms with Crippen molar-refractivity contribution in [2.24, 2.45) is 5.41 Å². The molecule has 1 rings (SSSR count). The smallest absolute Gasteiger partial charge is 0.408 e. The second-order valence-electron chi connectivity index (χ2n) is 7.64. The first-order chi connectivity index (χ1) is 10.8. The van der Waals surface area contributed by atoms with Crippen molar-refractivity contribution in [2.45, 2.75) is 53.2 Å². The van der Waals surface area contributed by atoms with E-state index in [9.17, 15) is 19.8 Å². The Labute approximate surface area is 142 Å². The molecule has 0 saturated carbocycles. The van der Waals surface area contributed by atoms with Crippen molar-refractivity contribution < 1.29 is 24.5 Å². The van der Waals surface area contributed by atoms with Gasteiger partial charge in [0, 0.05) is 6.07 Å². The summed E-state index contributed by atoms with van der Waals surface area (Å²) in [6.45, 7) is 10.6. The molecule has 2 amide bonds. The number of benzene rings is 1. The predicted octanol–water partition coefficient (Wildman–Crippen LogP) is 2.98. The summed E-state index contributed by atoms with van der Waals surface area (Å²) in [5.41, 5.74) is -1.14.